The summed E-state index contributed by atoms with van der Waals surface area (Å²) in [7, 11) is 0. The first-order valence-corrected chi connectivity index (χ1v) is 10.5. The zero-order chi connectivity index (χ0) is 19.5. The summed E-state index contributed by atoms with van der Waals surface area (Å²) in [6.07, 6.45) is 8.44. The van der Waals surface area contributed by atoms with E-state index in [0.29, 0.717) is 18.0 Å². The van der Waals surface area contributed by atoms with Gasteiger partial charge in [-0.05, 0) is 55.5 Å². The number of pyridine rings is 1. The highest BCUT2D eigenvalue weighted by Gasteiger charge is 2.28. The van der Waals surface area contributed by atoms with E-state index in [-0.39, 0.29) is 0 Å². The SMILES string of the molecule is CC(C)NC1CCC(c2[nH]nc(-c3ccc(Cl)cc3)c2-c2ccncc2)CC1. The first-order chi connectivity index (χ1) is 13.6. The highest BCUT2D eigenvalue weighted by Crippen LogP contribution is 2.41. The van der Waals surface area contributed by atoms with E-state index in [9.17, 15) is 0 Å². The molecule has 3 aromatic rings. The van der Waals surface area contributed by atoms with Crippen LogP contribution in [0.25, 0.3) is 22.4 Å². The number of benzene rings is 1. The summed E-state index contributed by atoms with van der Waals surface area (Å²) in [5, 5.41) is 12.5. The molecule has 146 valence electrons. The molecule has 4 rings (SSSR count). The Kier molecular flexibility index (Phi) is 5.79. The maximum absolute atomic E-state index is 6.09. The standard InChI is InChI=1S/C23H27ClN4/c1-15(2)26-20-9-5-18(6-10-20)23-21(16-11-13-25-14-12-16)22(27-28-23)17-3-7-19(24)8-4-17/h3-4,7-8,11-15,18,20,26H,5-6,9-10H2,1-2H3,(H,27,28). The average molecular weight is 395 g/mol. The topological polar surface area (TPSA) is 53.6 Å². The molecule has 0 amide bonds. The van der Waals surface area contributed by atoms with Crippen molar-refractivity contribution in [2.24, 2.45) is 0 Å². The van der Waals surface area contributed by atoms with Crippen LogP contribution >= 0.6 is 11.6 Å². The predicted octanol–water partition coefficient (Wildman–Crippen LogP) is 5.82. The molecule has 0 bridgehead atoms. The van der Waals surface area contributed by atoms with Gasteiger partial charge in [0.25, 0.3) is 0 Å². The number of H-pyrrole nitrogens is 1. The zero-order valence-corrected chi connectivity index (χ0v) is 17.2. The highest BCUT2D eigenvalue weighted by atomic mass is 35.5. The molecule has 4 nitrogen and oxygen atoms in total. The van der Waals surface area contributed by atoms with Crippen LogP contribution in [0.15, 0.2) is 48.8 Å². The first kappa shape index (κ1) is 19.2. The Morgan fingerprint density at radius 3 is 2.29 bits per heavy atom. The summed E-state index contributed by atoms with van der Waals surface area (Å²) >= 11 is 6.09. The van der Waals surface area contributed by atoms with Crippen molar-refractivity contribution in [3.63, 3.8) is 0 Å². The molecule has 1 saturated carbocycles. The van der Waals surface area contributed by atoms with Crippen LogP contribution in [0.5, 0.6) is 0 Å². The van der Waals surface area contributed by atoms with Crippen LogP contribution in [0.3, 0.4) is 0 Å². The van der Waals surface area contributed by atoms with Crippen molar-refractivity contribution < 1.29 is 0 Å². The van der Waals surface area contributed by atoms with E-state index in [1.807, 2.05) is 36.7 Å². The van der Waals surface area contributed by atoms with E-state index in [1.165, 1.54) is 36.9 Å². The number of rotatable bonds is 5. The maximum atomic E-state index is 6.09. The molecule has 2 N–H and O–H groups in total. The minimum atomic E-state index is 0.502. The normalized spacial score (nSPS) is 19.9. The van der Waals surface area contributed by atoms with E-state index in [0.717, 1.165) is 21.8 Å². The molecule has 2 aromatic heterocycles. The number of aromatic amines is 1. The smallest absolute Gasteiger partial charge is 0.100 e. The molecule has 1 fully saturated rings. The predicted molar refractivity (Wildman–Crippen MR) is 116 cm³/mol. The lowest BCUT2D eigenvalue weighted by Crippen LogP contribution is -2.37. The van der Waals surface area contributed by atoms with Gasteiger partial charge in [0.2, 0.25) is 0 Å². The molecule has 5 heteroatoms. The van der Waals surface area contributed by atoms with Gasteiger partial charge >= 0.3 is 0 Å². The van der Waals surface area contributed by atoms with E-state index < -0.39 is 0 Å². The second-order valence-corrected chi connectivity index (χ2v) is 8.41. The monoisotopic (exact) mass is 394 g/mol. The number of halogens is 1. The Labute approximate surface area is 171 Å². The summed E-state index contributed by atoms with van der Waals surface area (Å²) in [4.78, 5) is 4.19. The van der Waals surface area contributed by atoms with Crippen molar-refractivity contribution in [2.45, 2.75) is 57.5 Å². The van der Waals surface area contributed by atoms with Crippen LogP contribution < -0.4 is 5.32 Å². The van der Waals surface area contributed by atoms with Gasteiger partial charge in [-0.25, -0.2) is 0 Å². The lowest BCUT2D eigenvalue weighted by molar-refractivity contribution is 0.323. The van der Waals surface area contributed by atoms with Gasteiger partial charge in [-0.2, -0.15) is 5.10 Å². The maximum Gasteiger partial charge on any atom is 0.100 e. The van der Waals surface area contributed by atoms with E-state index in [2.05, 4.69) is 41.4 Å². The molecule has 0 aliphatic heterocycles. The Morgan fingerprint density at radius 2 is 1.64 bits per heavy atom. The van der Waals surface area contributed by atoms with Crippen molar-refractivity contribution in [2.75, 3.05) is 0 Å². The van der Waals surface area contributed by atoms with Gasteiger partial charge < -0.3 is 5.32 Å². The quantitative estimate of drug-likeness (QED) is 0.573. The van der Waals surface area contributed by atoms with Gasteiger partial charge in [-0.3, -0.25) is 10.1 Å². The summed E-state index contributed by atoms with van der Waals surface area (Å²) in [5.74, 6) is 0.502. The second-order valence-electron chi connectivity index (χ2n) is 7.97. The molecule has 1 aromatic carbocycles. The fourth-order valence-corrected chi connectivity index (χ4v) is 4.42. The summed E-state index contributed by atoms with van der Waals surface area (Å²) in [5.41, 5.74) is 5.67. The van der Waals surface area contributed by atoms with Crippen molar-refractivity contribution in [1.82, 2.24) is 20.5 Å². The number of hydrogen-bond donors (Lipinski definition) is 2. The van der Waals surface area contributed by atoms with Gasteiger partial charge in [-0.1, -0.05) is 37.6 Å². The van der Waals surface area contributed by atoms with E-state index in [1.54, 1.807) is 0 Å². The van der Waals surface area contributed by atoms with Gasteiger partial charge in [0.05, 0.1) is 0 Å². The van der Waals surface area contributed by atoms with Gasteiger partial charge in [0.1, 0.15) is 5.69 Å². The third kappa shape index (κ3) is 4.13. The lowest BCUT2D eigenvalue weighted by Gasteiger charge is -2.30. The Bertz CT molecular complexity index is 894. The molecular weight excluding hydrogens is 368 g/mol. The largest absolute Gasteiger partial charge is 0.312 e. The number of hydrogen-bond acceptors (Lipinski definition) is 3. The van der Waals surface area contributed by atoms with Gasteiger partial charge in [-0.15, -0.1) is 0 Å². The van der Waals surface area contributed by atoms with Crippen LogP contribution in [0.1, 0.15) is 51.1 Å². The van der Waals surface area contributed by atoms with Gasteiger partial charge in [0, 0.05) is 52.2 Å². The molecule has 0 saturated heterocycles. The molecule has 2 heterocycles. The van der Waals surface area contributed by atoms with Crippen LogP contribution in [0, 0.1) is 0 Å². The van der Waals surface area contributed by atoms with Crippen LogP contribution in [-0.4, -0.2) is 27.3 Å². The molecule has 0 atom stereocenters. The first-order valence-electron chi connectivity index (χ1n) is 10.1. The molecular formula is C23H27ClN4. The van der Waals surface area contributed by atoms with Crippen LogP contribution in [0.2, 0.25) is 5.02 Å². The van der Waals surface area contributed by atoms with Crippen molar-refractivity contribution in [1.29, 1.82) is 0 Å². The van der Waals surface area contributed by atoms with Crippen LogP contribution in [0.4, 0.5) is 0 Å². The van der Waals surface area contributed by atoms with Crippen LogP contribution in [-0.2, 0) is 0 Å². The summed E-state index contributed by atoms with van der Waals surface area (Å²) in [6, 6.07) is 13.2. The summed E-state index contributed by atoms with van der Waals surface area (Å²) < 4.78 is 0. The lowest BCUT2D eigenvalue weighted by atomic mass is 9.81. The minimum Gasteiger partial charge on any atom is -0.312 e. The Balaban J connectivity index is 1.68. The molecule has 1 aliphatic rings. The highest BCUT2D eigenvalue weighted by molar-refractivity contribution is 6.30. The summed E-state index contributed by atoms with van der Waals surface area (Å²) in [6.45, 7) is 4.45. The third-order valence-corrected chi connectivity index (χ3v) is 5.84. The minimum absolute atomic E-state index is 0.502. The molecule has 0 unspecified atom stereocenters. The fraction of sp³-hybridized carbons (Fsp3) is 0.391. The van der Waals surface area contributed by atoms with Crippen molar-refractivity contribution >= 4 is 11.6 Å². The molecule has 0 spiro atoms. The van der Waals surface area contributed by atoms with Crippen molar-refractivity contribution in [3.05, 3.63) is 59.5 Å². The van der Waals surface area contributed by atoms with E-state index in [4.69, 9.17) is 16.7 Å². The average Bonchev–Trinajstić information content (AvgIpc) is 3.14. The third-order valence-electron chi connectivity index (χ3n) is 5.59. The molecule has 28 heavy (non-hydrogen) atoms. The fourth-order valence-electron chi connectivity index (χ4n) is 4.30. The molecule has 1 aliphatic carbocycles. The zero-order valence-electron chi connectivity index (χ0n) is 16.5. The van der Waals surface area contributed by atoms with E-state index >= 15 is 0 Å². The Hall–Kier alpha value is -2.17. The van der Waals surface area contributed by atoms with Crippen molar-refractivity contribution in [3.8, 4) is 22.4 Å². The number of nitrogens with zero attached hydrogens (tertiary/aromatic N) is 2. The number of aromatic nitrogens is 3. The molecule has 0 radical (unpaired) electrons. The van der Waals surface area contributed by atoms with Gasteiger partial charge in [0.15, 0.2) is 0 Å². The number of nitrogens with one attached hydrogen (secondary N) is 2. The Morgan fingerprint density at radius 1 is 0.964 bits per heavy atom. The second kappa shape index (κ2) is 8.46.